The number of rotatable bonds is 4. The van der Waals surface area contributed by atoms with Gasteiger partial charge in [0.2, 0.25) is 22.7 Å². The fraction of sp³-hybridized carbons (Fsp3) is 0.235. The molecular formula is C17H16O7. The average Bonchev–Trinajstić information content (AvgIpc) is 2.61. The molecule has 1 aromatic heterocycles. The van der Waals surface area contributed by atoms with Crippen LogP contribution in [0.1, 0.15) is 0 Å². The molecule has 24 heavy (non-hydrogen) atoms. The number of hydrogen-bond acceptors (Lipinski definition) is 7. The Bertz CT molecular complexity index is 988. The minimum Gasteiger partial charge on any atom is -0.502 e. The van der Waals surface area contributed by atoms with Crippen LogP contribution in [0.5, 0.6) is 28.7 Å². The van der Waals surface area contributed by atoms with Crippen LogP contribution < -0.4 is 24.4 Å². The number of phenolic OH excluding ortho intramolecular Hbond substituents is 1. The summed E-state index contributed by atoms with van der Waals surface area (Å²) in [5, 5.41) is 10.7. The highest BCUT2D eigenvalue weighted by Gasteiger charge is 2.26. The molecule has 0 unspecified atom stereocenters. The summed E-state index contributed by atoms with van der Waals surface area (Å²) < 4.78 is 26.6. The van der Waals surface area contributed by atoms with Gasteiger partial charge in [-0.1, -0.05) is 0 Å². The van der Waals surface area contributed by atoms with E-state index in [1.807, 2.05) is 0 Å². The highest BCUT2D eigenvalue weighted by Crippen LogP contribution is 2.49. The van der Waals surface area contributed by atoms with Crippen molar-refractivity contribution in [1.82, 2.24) is 0 Å². The number of hydrogen-bond donors (Lipinski definition) is 1. The molecular weight excluding hydrogens is 316 g/mol. The molecule has 3 aromatic rings. The van der Waals surface area contributed by atoms with E-state index >= 15 is 0 Å². The van der Waals surface area contributed by atoms with Gasteiger partial charge in [-0.25, -0.2) is 0 Å². The molecule has 0 aliphatic rings. The summed E-state index contributed by atoms with van der Waals surface area (Å²) >= 11 is 0. The first-order chi connectivity index (χ1) is 11.6. The summed E-state index contributed by atoms with van der Waals surface area (Å²) in [5.41, 5.74) is 0.103. The molecule has 0 saturated carbocycles. The van der Waals surface area contributed by atoms with Crippen molar-refractivity contribution in [2.45, 2.75) is 0 Å². The zero-order valence-electron chi connectivity index (χ0n) is 13.6. The van der Waals surface area contributed by atoms with E-state index in [1.54, 1.807) is 18.2 Å². The van der Waals surface area contributed by atoms with E-state index in [4.69, 9.17) is 23.4 Å². The number of phenols is 1. The second-order valence-electron chi connectivity index (χ2n) is 4.95. The van der Waals surface area contributed by atoms with Crippen LogP contribution in [0.25, 0.3) is 21.9 Å². The van der Waals surface area contributed by atoms with E-state index in [0.29, 0.717) is 16.7 Å². The summed E-state index contributed by atoms with van der Waals surface area (Å²) in [4.78, 5) is 13.0. The Hall–Kier alpha value is -3.09. The van der Waals surface area contributed by atoms with Gasteiger partial charge < -0.3 is 28.5 Å². The maximum atomic E-state index is 13.0. The van der Waals surface area contributed by atoms with Crippen molar-refractivity contribution in [2.75, 3.05) is 28.4 Å². The normalized spacial score (nSPS) is 10.8. The summed E-state index contributed by atoms with van der Waals surface area (Å²) in [7, 11) is 5.61. The molecule has 0 bridgehead atoms. The standard InChI is InChI=1S/C17H16O7/c1-20-8-5-6-10-9(7-8)12(18)11-14(21-2)13(19)16(22-3)17(23-4)15(11)24-10/h5-7,19H,1-4H3. The third kappa shape index (κ3) is 2.09. The van der Waals surface area contributed by atoms with Crippen LogP contribution in [0.15, 0.2) is 27.4 Å². The summed E-state index contributed by atoms with van der Waals surface area (Å²) in [5.74, 6) is 0.274. The Morgan fingerprint density at radius 2 is 1.58 bits per heavy atom. The van der Waals surface area contributed by atoms with Gasteiger partial charge in [0.1, 0.15) is 16.7 Å². The lowest BCUT2D eigenvalue weighted by Crippen LogP contribution is -2.06. The van der Waals surface area contributed by atoms with Crippen LogP contribution in [-0.2, 0) is 0 Å². The van der Waals surface area contributed by atoms with E-state index in [0.717, 1.165) is 0 Å². The lowest BCUT2D eigenvalue weighted by atomic mass is 10.1. The third-order valence-corrected chi connectivity index (χ3v) is 3.78. The van der Waals surface area contributed by atoms with Gasteiger partial charge >= 0.3 is 0 Å². The largest absolute Gasteiger partial charge is 0.502 e. The summed E-state index contributed by atoms with van der Waals surface area (Å²) in [6.07, 6.45) is 0. The van der Waals surface area contributed by atoms with E-state index in [1.165, 1.54) is 28.4 Å². The molecule has 1 heterocycles. The Balaban J connectivity index is 2.59. The molecule has 0 radical (unpaired) electrons. The quantitative estimate of drug-likeness (QED) is 0.735. The van der Waals surface area contributed by atoms with Gasteiger partial charge in [-0.3, -0.25) is 4.79 Å². The molecule has 0 aliphatic heterocycles. The Morgan fingerprint density at radius 1 is 0.917 bits per heavy atom. The summed E-state index contributed by atoms with van der Waals surface area (Å²) in [6.45, 7) is 0. The van der Waals surface area contributed by atoms with Crippen LogP contribution in [0, 0.1) is 0 Å². The Morgan fingerprint density at radius 3 is 2.17 bits per heavy atom. The van der Waals surface area contributed by atoms with Crippen LogP contribution in [-0.4, -0.2) is 33.5 Å². The molecule has 7 nitrogen and oxygen atoms in total. The maximum Gasteiger partial charge on any atom is 0.211 e. The smallest absolute Gasteiger partial charge is 0.211 e. The number of aromatic hydroxyl groups is 1. The molecule has 0 aliphatic carbocycles. The van der Waals surface area contributed by atoms with Crippen molar-refractivity contribution in [3.63, 3.8) is 0 Å². The second kappa shape index (κ2) is 5.84. The van der Waals surface area contributed by atoms with E-state index in [-0.39, 0.29) is 39.4 Å². The second-order valence-corrected chi connectivity index (χ2v) is 4.95. The van der Waals surface area contributed by atoms with Crippen LogP contribution in [0.2, 0.25) is 0 Å². The minimum absolute atomic E-state index is 0.0258. The Labute approximate surface area is 136 Å². The van der Waals surface area contributed by atoms with Crippen molar-refractivity contribution in [1.29, 1.82) is 0 Å². The van der Waals surface area contributed by atoms with E-state index in [9.17, 15) is 9.90 Å². The molecule has 0 spiro atoms. The molecule has 0 atom stereocenters. The first kappa shape index (κ1) is 15.8. The number of benzene rings is 2. The zero-order valence-corrected chi connectivity index (χ0v) is 13.6. The lowest BCUT2D eigenvalue weighted by Gasteiger charge is -2.15. The van der Waals surface area contributed by atoms with Gasteiger partial charge in [-0.2, -0.15) is 0 Å². The molecule has 7 heteroatoms. The van der Waals surface area contributed by atoms with Gasteiger partial charge in [-0.05, 0) is 18.2 Å². The predicted octanol–water partition coefficient (Wildman–Crippen LogP) is 2.69. The van der Waals surface area contributed by atoms with E-state index in [2.05, 4.69) is 0 Å². The topological polar surface area (TPSA) is 87.4 Å². The van der Waals surface area contributed by atoms with Crippen molar-refractivity contribution in [3.8, 4) is 28.7 Å². The SMILES string of the molecule is COc1ccc2oc3c(OC)c(OC)c(O)c(OC)c3c(=O)c2c1. The Kier molecular flexibility index (Phi) is 3.84. The first-order valence-corrected chi connectivity index (χ1v) is 7.02. The maximum absolute atomic E-state index is 13.0. The van der Waals surface area contributed by atoms with Crippen molar-refractivity contribution < 1.29 is 28.5 Å². The van der Waals surface area contributed by atoms with Gasteiger partial charge in [0.25, 0.3) is 0 Å². The van der Waals surface area contributed by atoms with Crippen molar-refractivity contribution in [2.24, 2.45) is 0 Å². The predicted molar refractivity (Wildman–Crippen MR) is 87.9 cm³/mol. The van der Waals surface area contributed by atoms with Crippen LogP contribution >= 0.6 is 0 Å². The summed E-state index contributed by atoms with van der Waals surface area (Å²) in [6, 6.07) is 4.87. The highest BCUT2D eigenvalue weighted by atomic mass is 16.5. The molecule has 0 fully saturated rings. The first-order valence-electron chi connectivity index (χ1n) is 7.02. The number of ether oxygens (including phenoxy) is 4. The third-order valence-electron chi connectivity index (χ3n) is 3.78. The molecule has 1 N–H and O–H groups in total. The fourth-order valence-electron chi connectivity index (χ4n) is 2.67. The number of methoxy groups -OCH3 is 4. The van der Waals surface area contributed by atoms with E-state index < -0.39 is 0 Å². The molecule has 2 aromatic carbocycles. The molecule has 0 saturated heterocycles. The molecule has 3 rings (SSSR count). The van der Waals surface area contributed by atoms with Gasteiger partial charge in [0.15, 0.2) is 11.3 Å². The minimum atomic E-state index is -0.377. The highest BCUT2D eigenvalue weighted by molar-refractivity contribution is 6.00. The van der Waals surface area contributed by atoms with Crippen molar-refractivity contribution in [3.05, 3.63) is 28.4 Å². The number of fused-ring (bicyclic) bond motifs is 2. The zero-order chi connectivity index (χ0) is 17.4. The van der Waals surface area contributed by atoms with Gasteiger partial charge in [-0.15, -0.1) is 0 Å². The monoisotopic (exact) mass is 332 g/mol. The lowest BCUT2D eigenvalue weighted by molar-refractivity contribution is 0.317. The van der Waals surface area contributed by atoms with Gasteiger partial charge in [0.05, 0.1) is 33.8 Å². The van der Waals surface area contributed by atoms with Crippen molar-refractivity contribution >= 4 is 21.9 Å². The van der Waals surface area contributed by atoms with Gasteiger partial charge in [0, 0.05) is 0 Å². The molecule has 0 amide bonds. The average molecular weight is 332 g/mol. The fourth-order valence-corrected chi connectivity index (χ4v) is 2.67. The molecule has 126 valence electrons. The van der Waals surface area contributed by atoms with Crippen LogP contribution in [0.4, 0.5) is 0 Å². The van der Waals surface area contributed by atoms with Crippen LogP contribution in [0.3, 0.4) is 0 Å².